The van der Waals surface area contributed by atoms with Crippen molar-refractivity contribution < 1.29 is 36.2 Å². The van der Waals surface area contributed by atoms with E-state index in [0.717, 1.165) is 29.8 Å². The lowest BCUT2D eigenvalue weighted by Gasteiger charge is -2.10. The summed E-state index contributed by atoms with van der Waals surface area (Å²) in [7, 11) is -3.91. The highest BCUT2D eigenvalue weighted by molar-refractivity contribution is 7.89. The van der Waals surface area contributed by atoms with Crippen molar-refractivity contribution in [2.75, 3.05) is 13.2 Å². The Labute approximate surface area is 160 Å². The first-order valence-corrected chi connectivity index (χ1v) is 9.67. The number of aryl methyl sites for hydroxylation is 1. The van der Waals surface area contributed by atoms with Crippen LogP contribution in [0.25, 0.3) is 0 Å². The lowest BCUT2D eigenvalue weighted by molar-refractivity contribution is -0.139. The number of rotatable bonds is 9. The molecule has 0 amide bonds. The third-order valence-electron chi connectivity index (χ3n) is 3.69. The average Bonchev–Trinajstić information content (AvgIpc) is 2.63. The fourth-order valence-electron chi connectivity index (χ4n) is 2.34. The van der Waals surface area contributed by atoms with Crippen LogP contribution in [0.5, 0.6) is 5.75 Å². The number of alkyl halides is 3. The Morgan fingerprint density at radius 3 is 2.39 bits per heavy atom. The lowest BCUT2D eigenvalue weighted by Crippen LogP contribution is -2.25. The Kier molecular flexibility index (Phi) is 7.03. The number of aliphatic carboxylic acids is 1. The van der Waals surface area contributed by atoms with Crippen molar-refractivity contribution in [2.24, 2.45) is 0 Å². The molecule has 152 valence electrons. The highest BCUT2D eigenvalue weighted by Crippen LogP contribution is 2.29. The van der Waals surface area contributed by atoms with Gasteiger partial charge in [-0.2, -0.15) is 13.2 Å². The number of hydrogen-bond donors (Lipinski definition) is 2. The molecule has 0 spiro atoms. The van der Waals surface area contributed by atoms with E-state index in [2.05, 4.69) is 4.72 Å². The number of nitrogens with one attached hydrogen (secondary N) is 1. The Morgan fingerprint density at radius 2 is 1.79 bits per heavy atom. The summed E-state index contributed by atoms with van der Waals surface area (Å²) < 4.78 is 69.3. The van der Waals surface area contributed by atoms with E-state index in [1.807, 2.05) is 0 Å². The van der Waals surface area contributed by atoms with Crippen molar-refractivity contribution in [3.63, 3.8) is 0 Å². The van der Waals surface area contributed by atoms with E-state index < -0.39 is 34.3 Å². The molecule has 0 saturated heterocycles. The van der Waals surface area contributed by atoms with E-state index in [-0.39, 0.29) is 11.4 Å². The number of sulfonamides is 1. The Hall–Kier alpha value is -2.59. The molecule has 0 saturated carbocycles. The average molecular weight is 417 g/mol. The van der Waals surface area contributed by atoms with E-state index >= 15 is 0 Å². The predicted octanol–water partition coefficient (Wildman–Crippen LogP) is 3.08. The summed E-state index contributed by atoms with van der Waals surface area (Å²) in [5, 5.41) is 8.60. The summed E-state index contributed by atoms with van der Waals surface area (Å²) in [5.41, 5.74) is -0.0898. The van der Waals surface area contributed by atoms with Gasteiger partial charge in [-0.05, 0) is 54.8 Å². The molecule has 0 aliphatic rings. The zero-order valence-corrected chi connectivity index (χ0v) is 15.4. The lowest BCUT2D eigenvalue weighted by atomic mass is 10.1. The summed E-state index contributed by atoms with van der Waals surface area (Å²) in [5.74, 6) is -0.701. The molecule has 0 aliphatic carbocycles. The van der Waals surface area contributed by atoms with Gasteiger partial charge in [0.2, 0.25) is 10.0 Å². The second-order valence-electron chi connectivity index (χ2n) is 5.85. The first-order valence-electron chi connectivity index (χ1n) is 8.18. The highest BCUT2D eigenvalue weighted by Gasteiger charge is 2.30. The van der Waals surface area contributed by atoms with Crippen LogP contribution in [0.15, 0.2) is 53.4 Å². The van der Waals surface area contributed by atoms with Gasteiger partial charge in [0.15, 0.2) is 6.61 Å². The zero-order chi connectivity index (χ0) is 20.8. The van der Waals surface area contributed by atoms with Gasteiger partial charge in [-0.3, -0.25) is 0 Å². The SMILES string of the molecule is O=C(O)COc1cccc(CCCNS(=O)(=O)c2ccc(C(F)(F)F)cc2)c1. The third kappa shape index (κ3) is 6.54. The number of hydrogen-bond acceptors (Lipinski definition) is 4. The summed E-state index contributed by atoms with van der Waals surface area (Å²) in [4.78, 5) is 10.3. The minimum atomic E-state index is -4.53. The van der Waals surface area contributed by atoms with E-state index in [4.69, 9.17) is 9.84 Å². The van der Waals surface area contributed by atoms with Crippen molar-refractivity contribution in [1.29, 1.82) is 0 Å². The van der Waals surface area contributed by atoms with Crippen LogP contribution < -0.4 is 9.46 Å². The number of halogens is 3. The van der Waals surface area contributed by atoms with Crippen LogP contribution in [0.3, 0.4) is 0 Å². The maximum absolute atomic E-state index is 12.5. The molecule has 2 aromatic rings. The molecule has 28 heavy (non-hydrogen) atoms. The van der Waals surface area contributed by atoms with Crippen molar-refractivity contribution in [3.8, 4) is 5.75 Å². The van der Waals surface area contributed by atoms with Crippen LogP contribution in [0.4, 0.5) is 13.2 Å². The molecule has 0 fully saturated rings. The number of carboxylic acids is 1. The van der Waals surface area contributed by atoms with Gasteiger partial charge in [0.05, 0.1) is 10.5 Å². The molecule has 10 heteroatoms. The minimum Gasteiger partial charge on any atom is -0.482 e. The first-order chi connectivity index (χ1) is 13.1. The van der Waals surface area contributed by atoms with Crippen molar-refractivity contribution >= 4 is 16.0 Å². The Balaban J connectivity index is 1.87. The van der Waals surface area contributed by atoms with Gasteiger partial charge in [0.1, 0.15) is 5.75 Å². The maximum atomic E-state index is 12.5. The van der Waals surface area contributed by atoms with E-state index in [0.29, 0.717) is 18.6 Å². The summed E-state index contributed by atoms with van der Waals surface area (Å²) >= 11 is 0. The van der Waals surface area contributed by atoms with Crippen LogP contribution in [0.1, 0.15) is 17.5 Å². The van der Waals surface area contributed by atoms with E-state index in [1.165, 1.54) is 0 Å². The molecular weight excluding hydrogens is 399 g/mol. The molecule has 2 N–H and O–H groups in total. The molecule has 0 aliphatic heterocycles. The molecule has 0 unspecified atom stereocenters. The van der Waals surface area contributed by atoms with Crippen molar-refractivity contribution in [3.05, 3.63) is 59.7 Å². The number of benzene rings is 2. The standard InChI is InChI=1S/C18H18F3NO5S/c19-18(20,21)14-6-8-16(9-7-14)28(25,26)22-10-2-4-13-3-1-5-15(11-13)27-12-17(23)24/h1,3,5-9,11,22H,2,4,10,12H2,(H,23,24). The van der Waals surface area contributed by atoms with Crippen LogP contribution in [-0.4, -0.2) is 32.6 Å². The summed E-state index contributed by atoms with van der Waals surface area (Å²) in [6.45, 7) is -0.375. The van der Waals surface area contributed by atoms with Crippen molar-refractivity contribution in [1.82, 2.24) is 4.72 Å². The van der Waals surface area contributed by atoms with Gasteiger partial charge >= 0.3 is 12.1 Å². The summed E-state index contributed by atoms with van der Waals surface area (Å²) in [6, 6.07) is 10.0. The van der Waals surface area contributed by atoms with E-state index in [1.54, 1.807) is 24.3 Å². The quantitative estimate of drug-likeness (QED) is 0.612. The maximum Gasteiger partial charge on any atom is 0.416 e. The van der Waals surface area contributed by atoms with Gasteiger partial charge in [-0.15, -0.1) is 0 Å². The molecule has 0 heterocycles. The summed E-state index contributed by atoms with van der Waals surface area (Å²) in [6.07, 6.45) is -3.60. The van der Waals surface area contributed by atoms with Gasteiger partial charge in [0.25, 0.3) is 0 Å². The Bertz CT molecular complexity index is 912. The molecule has 0 bridgehead atoms. The fourth-order valence-corrected chi connectivity index (χ4v) is 3.42. The number of carboxylic acid groups (broad SMARTS) is 1. The minimum absolute atomic E-state index is 0.0869. The van der Waals surface area contributed by atoms with E-state index in [9.17, 15) is 26.4 Å². The normalized spacial score (nSPS) is 12.0. The second-order valence-corrected chi connectivity index (χ2v) is 7.62. The van der Waals surface area contributed by atoms with Gasteiger partial charge in [-0.1, -0.05) is 12.1 Å². The number of carbonyl (C=O) groups is 1. The highest BCUT2D eigenvalue weighted by atomic mass is 32.2. The zero-order valence-electron chi connectivity index (χ0n) is 14.6. The van der Waals surface area contributed by atoms with Crippen molar-refractivity contribution in [2.45, 2.75) is 23.9 Å². The molecule has 2 aromatic carbocycles. The molecular formula is C18H18F3NO5S. The first kappa shape index (κ1) is 21.7. The molecule has 0 aromatic heterocycles. The van der Waals surface area contributed by atoms with Crippen LogP contribution >= 0.6 is 0 Å². The topological polar surface area (TPSA) is 92.7 Å². The van der Waals surface area contributed by atoms with Crippen LogP contribution in [-0.2, 0) is 27.4 Å². The predicted molar refractivity (Wildman–Crippen MR) is 94.5 cm³/mol. The van der Waals surface area contributed by atoms with Gasteiger partial charge < -0.3 is 9.84 Å². The smallest absolute Gasteiger partial charge is 0.416 e. The Morgan fingerprint density at radius 1 is 1.11 bits per heavy atom. The fraction of sp³-hybridized carbons (Fsp3) is 0.278. The third-order valence-corrected chi connectivity index (χ3v) is 5.16. The molecule has 0 radical (unpaired) electrons. The van der Waals surface area contributed by atoms with Crippen LogP contribution in [0.2, 0.25) is 0 Å². The molecule has 6 nitrogen and oxygen atoms in total. The van der Waals surface area contributed by atoms with Crippen LogP contribution in [0, 0.1) is 0 Å². The molecule has 2 rings (SSSR count). The van der Waals surface area contributed by atoms with Gasteiger partial charge in [0, 0.05) is 6.54 Å². The largest absolute Gasteiger partial charge is 0.482 e. The number of ether oxygens (including phenoxy) is 1. The monoisotopic (exact) mass is 417 g/mol. The second kappa shape index (κ2) is 9.07. The molecule has 0 atom stereocenters. The van der Waals surface area contributed by atoms with Gasteiger partial charge in [-0.25, -0.2) is 17.9 Å².